The summed E-state index contributed by atoms with van der Waals surface area (Å²) in [7, 11) is 0. The van der Waals surface area contributed by atoms with Crippen LogP contribution < -0.4 is 10.2 Å². The van der Waals surface area contributed by atoms with Crippen LogP contribution in [-0.2, 0) is 0 Å². The van der Waals surface area contributed by atoms with Gasteiger partial charge in [-0.2, -0.15) is 10.5 Å². The van der Waals surface area contributed by atoms with Crippen molar-refractivity contribution in [3.05, 3.63) is 36.0 Å². The quantitative estimate of drug-likeness (QED) is 0.881. The summed E-state index contributed by atoms with van der Waals surface area (Å²) in [6, 6.07) is 12.5. The minimum absolute atomic E-state index is 0.306. The Morgan fingerprint density at radius 3 is 2.96 bits per heavy atom. The van der Waals surface area contributed by atoms with Gasteiger partial charge in [0.1, 0.15) is 6.07 Å². The van der Waals surface area contributed by atoms with Crippen molar-refractivity contribution in [1.29, 1.82) is 10.5 Å². The van der Waals surface area contributed by atoms with Gasteiger partial charge in [-0.25, -0.2) is 0 Å². The molecular formula is C18H19N5. The van der Waals surface area contributed by atoms with Crippen LogP contribution in [0.15, 0.2) is 30.5 Å². The van der Waals surface area contributed by atoms with Gasteiger partial charge in [0, 0.05) is 36.4 Å². The zero-order valence-corrected chi connectivity index (χ0v) is 13.2. The molecule has 2 atom stereocenters. The molecule has 1 saturated heterocycles. The number of nitriles is 2. The highest BCUT2D eigenvalue weighted by Crippen LogP contribution is 2.31. The Kier molecular flexibility index (Phi) is 4.41. The van der Waals surface area contributed by atoms with E-state index in [1.165, 1.54) is 0 Å². The van der Waals surface area contributed by atoms with Crippen molar-refractivity contribution in [3.8, 4) is 12.1 Å². The van der Waals surface area contributed by atoms with Gasteiger partial charge in [-0.05, 0) is 36.6 Å². The van der Waals surface area contributed by atoms with Crippen LogP contribution in [0.3, 0.4) is 0 Å². The van der Waals surface area contributed by atoms with Gasteiger partial charge in [-0.3, -0.25) is 10.3 Å². The maximum absolute atomic E-state index is 9.27. The Morgan fingerprint density at radius 1 is 1.30 bits per heavy atom. The number of piperidine rings is 1. The first kappa shape index (κ1) is 15.3. The van der Waals surface area contributed by atoms with Crippen molar-refractivity contribution in [2.45, 2.75) is 19.4 Å². The first-order valence-electron chi connectivity index (χ1n) is 7.86. The van der Waals surface area contributed by atoms with Crippen molar-refractivity contribution >= 4 is 16.6 Å². The third-order valence-corrected chi connectivity index (χ3v) is 4.34. The monoisotopic (exact) mass is 305 g/mol. The molecule has 1 fully saturated rings. The Bertz CT molecular complexity index is 786. The average molecular weight is 305 g/mol. The van der Waals surface area contributed by atoms with E-state index in [0.717, 1.165) is 36.1 Å². The summed E-state index contributed by atoms with van der Waals surface area (Å²) in [4.78, 5) is 6.73. The fourth-order valence-electron chi connectivity index (χ4n) is 3.41. The van der Waals surface area contributed by atoms with Crippen molar-refractivity contribution in [2.75, 3.05) is 24.5 Å². The van der Waals surface area contributed by atoms with Crippen LogP contribution >= 0.6 is 0 Å². The van der Waals surface area contributed by atoms with E-state index in [0.29, 0.717) is 24.1 Å². The molecule has 2 heterocycles. The third-order valence-electron chi connectivity index (χ3n) is 4.34. The van der Waals surface area contributed by atoms with Crippen molar-refractivity contribution in [2.24, 2.45) is 5.92 Å². The predicted molar refractivity (Wildman–Crippen MR) is 89.9 cm³/mol. The molecule has 23 heavy (non-hydrogen) atoms. The van der Waals surface area contributed by atoms with E-state index in [4.69, 9.17) is 5.26 Å². The van der Waals surface area contributed by atoms with Crippen molar-refractivity contribution in [1.82, 2.24) is 10.3 Å². The molecule has 116 valence electrons. The lowest BCUT2D eigenvalue weighted by Crippen LogP contribution is -2.49. The number of aromatic nitrogens is 1. The van der Waals surface area contributed by atoms with Gasteiger partial charge in [0.15, 0.2) is 0 Å². The number of benzene rings is 1. The van der Waals surface area contributed by atoms with Gasteiger partial charge < -0.3 is 4.90 Å². The summed E-state index contributed by atoms with van der Waals surface area (Å²) in [5, 5.41) is 22.4. The van der Waals surface area contributed by atoms with E-state index < -0.39 is 0 Å². The molecule has 0 bridgehead atoms. The Labute approximate surface area is 136 Å². The lowest BCUT2D eigenvalue weighted by Gasteiger charge is -2.38. The SMILES string of the molecule is C[C@H]1C[C@@H](NCC#N)CN(c2ccc(C#N)c3ncccc23)C1. The van der Waals surface area contributed by atoms with Gasteiger partial charge in [-0.15, -0.1) is 0 Å². The Balaban J connectivity index is 1.96. The first-order valence-corrected chi connectivity index (χ1v) is 7.86. The molecule has 1 aliphatic heterocycles. The standard InChI is InChI=1S/C18H19N5/c1-13-9-15(21-8-6-19)12-23(11-13)17-5-4-14(10-20)18-16(17)3-2-7-22-18/h2-5,7,13,15,21H,8-9,11-12H2,1H3/t13-,15+/m0/s1. The molecule has 5 heteroatoms. The molecule has 1 aromatic heterocycles. The highest BCUT2D eigenvalue weighted by Gasteiger charge is 2.25. The van der Waals surface area contributed by atoms with Crippen LogP contribution in [0.25, 0.3) is 10.9 Å². The van der Waals surface area contributed by atoms with Gasteiger partial charge in [-0.1, -0.05) is 6.92 Å². The third kappa shape index (κ3) is 3.11. The molecule has 5 nitrogen and oxygen atoms in total. The smallest absolute Gasteiger partial charge is 0.101 e. The molecule has 1 aromatic carbocycles. The number of anilines is 1. The number of pyridine rings is 1. The fraction of sp³-hybridized carbons (Fsp3) is 0.389. The zero-order chi connectivity index (χ0) is 16.2. The van der Waals surface area contributed by atoms with Gasteiger partial charge >= 0.3 is 0 Å². The van der Waals surface area contributed by atoms with E-state index in [1.807, 2.05) is 24.3 Å². The molecule has 0 saturated carbocycles. The second-order valence-electron chi connectivity index (χ2n) is 6.13. The average Bonchev–Trinajstić information content (AvgIpc) is 2.58. The molecule has 3 rings (SSSR count). The molecular weight excluding hydrogens is 286 g/mol. The van der Waals surface area contributed by atoms with Gasteiger partial charge in [0.2, 0.25) is 0 Å². The summed E-state index contributed by atoms with van der Waals surface area (Å²) in [6.45, 7) is 4.45. The zero-order valence-electron chi connectivity index (χ0n) is 13.2. The van der Waals surface area contributed by atoms with Crippen LogP contribution in [-0.4, -0.2) is 30.7 Å². The second-order valence-corrected chi connectivity index (χ2v) is 6.13. The normalized spacial score (nSPS) is 20.9. The summed E-state index contributed by atoms with van der Waals surface area (Å²) < 4.78 is 0. The number of hydrogen-bond donors (Lipinski definition) is 1. The van der Waals surface area contributed by atoms with E-state index in [9.17, 15) is 5.26 Å². The summed E-state index contributed by atoms with van der Waals surface area (Å²) in [6.07, 6.45) is 2.80. The molecule has 0 amide bonds. The fourth-order valence-corrected chi connectivity index (χ4v) is 3.41. The maximum Gasteiger partial charge on any atom is 0.101 e. The van der Waals surface area contributed by atoms with Crippen LogP contribution in [0.4, 0.5) is 5.69 Å². The minimum Gasteiger partial charge on any atom is -0.369 e. The Hall–Kier alpha value is -2.63. The summed E-state index contributed by atoms with van der Waals surface area (Å²) in [5.74, 6) is 0.544. The molecule has 0 unspecified atom stereocenters. The van der Waals surface area contributed by atoms with E-state index in [1.54, 1.807) is 6.20 Å². The van der Waals surface area contributed by atoms with E-state index >= 15 is 0 Å². The Morgan fingerprint density at radius 2 is 2.17 bits per heavy atom. The number of hydrogen-bond acceptors (Lipinski definition) is 5. The number of fused-ring (bicyclic) bond motifs is 1. The lowest BCUT2D eigenvalue weighted by atomic mass is 9.94. The van der Waals surface area contributed by atoms with E-state index in [-0.39, 0.29) is 0 Å². The predicted octanol–water partition coefficient (Wildman–Crippen LogP) is 2.43. The first-order chi connectivity index (χ1) is 11.2. The topological polar surface area (TPSA) is 75.7 Å². The second kappa shape index (κ2) is 6.64. The highest BCUT2D eigenvalue weighted by molar-refractivity contribution is 5.95. The van der Waals surface area contributed by atoms with Crippen LogP contribution in [0, 0.1) is 28.6 Å². The molecule has 2 aromatic rings. The summed E-state index contributed by atoms with van der Waals surface area (Å²) in [5.41, 5.74) is 2.48. The molecule has 0 aliphatic carbocycles. The summed E-state index contributed by atoms with van der Waals surface area (Å²) >= 11 is 0. The van der Waals surface area contributed by atoms with Crippen molar-refractivity contribution < 1.29 is 0 Å². The molecule has 1 aliphatic rings. The number of nitrogens with zero attached hydrogens (tertiary/aromatic N) is 4. The van der Waals surface area contributed by atoms with Crippen LogP contribution in [0.2, 0.25) is 0 Å². The van der Waals surface area contributed by atoms with Gasteiger partial charge in [0.05, 0.1) is 23.7 Å². The van der Waals surface area contributed by atoms with Gasteiger partial charge in [0.25, 0.3) is 0 Å². The molecule has 0 radical (unpaired) electrons. The lowest BCUT2D eigenvalue weighted by molar-refractivity contribution is 0.360. The maximum atomic E-state index is 9.27. The highest BCUT2D eigenvalue weighted by atomic mass is 15.2. The number of nitrogens with one attached hydrogen (secondary N) is 1. The van der Waals surface area contributed by atoms with E-state index in [2.05, 4.69) is 34.3 Å². The minimum atomic E-state index is 0.306. The van der Waals surface area contributed by atoms with Crippen LogP contribution in [0.1, 0.15) is 18.9 Å². The largest absolute Gasteiger partial charge is 0.369 e. The molecule has 1 N–H and O–H groups in total. The van der Waals surface area contributed by atoms with Crippen LogP contribution in [0.5, 0.6) is 0 Å². The van der Waals surface area contributed by atoms with Crippen molar-refractivity contribution in [3.63, 3.8) is 0 Å². The molecule has 0 spiro atoms. The number of rotatable bonds is 3.